The van der Waals surface area contributed by atoms with Crippen molar-refractivity contribution in [1.29, 1.82) is 0 Å². The van der Waals surface area contributed by atoms with E-state index in [-0.39, 0.29) is 11.3 Å². The van der Waals surface area contributed by atoms with Gasteiger partial charge in [-0.05, 0) is 24.3 Å². The monoisotopic (exact) mass is 453 g/mol. The molecule has 3 rings (SSSR count). The number of halogens is 2. The lowest BCUT2D eigenvalue weighted by Crippen LogP contribution is -2.37. The average molecular weight is 454 g/mol. The summed E-state index contributed by atoms with van der Waals surface area (Å²) in [5.41, 5.74) is 0.579. The quantitative estimate of drug-likeness (QED) is 0.404. The molecule has 0 unspecified atom stereocenters. The van der Waals surface area contributed by atoms with Gasteiger partial charge in [0, 0.05) is 41.0 Å². The Morgan fingerprint density at radius 1 is 1.13 bits per heavy atom. The van der Waals surface area contributed by atoms with Gasteiger partial charge in [-0.1, -0.05) is 23.2 Å². The Balaban J connectivity index is 1.72. The smallest absolute Gasteiger partial charge is 0.341 e. The van der Waals surface area contributed by atoms with Crippen molar-refractivity contribution in [3.63, 3.8) is 0 Å². The van der Waals surface area contributed by atoms with Crippen LogP contribution >= 0.6 is 23.2 Å². The topological polar surface area (TPSA) is 111 Å². The fourth-order valence-corrected chi connectivity index (χ4v) is 3.44. The van der Waals surface area contributed by atoms with Crippen LogP contribution in [0.5, 0.6) is 0 Å². The molecule has 0 bridgehead atoms. The van der Waals surface area contributed by atoms with Crippen LogP contribution in [-0.4, -0.2) is 49.7 Å². The van der Waals surface area contributed by atoms with Crippen LogP contribution in [0.1, 0.15) is 10.4 Å². The molecular formula is C19H17Cl2N3O6. The number of nitro benzene ring substituents is 1. The van der Waals surface area contributed by atoms with E-state index >= 15 is 0 Å². The fourth-order valence-electron chi connectivity index (χ4n) is 2.91. The highest BCUT2D eigenvalue weighted by molar-refractivity contribution is 6.35. The first-order valence-corrected chi connectivity index (χ1v) is 9.63. The van der Waals surface area contributed by atoms with Gasteiger partial charge in [-0.15, -0.1) is 0 Å². The van der Waals surface area contributed by atoms with E-state index in [1.54, 1.807) is 0 Å². The maximum atomic E-state index is 12.6. The number of esters is 1. The summed E-state index contributed by atoms with van der Waals surface area (Å²) < 4.78 is 10.4. The molecule has 0 atom stereocenters. The van der Waals surface area contributed by atoms with Gasteiger partial charge in [0.25, 0.3) is 11.6 Å². The standard InChI is InChI=1S/C19H17Cl2N3O6/c20-12-7-13(21)9-14(8-12)22-18(25)11-30-19(26)16-10-15(24(27)28)1-2-17(16)23-3-5-29-6-4-23/h1-2,7-10H,3-6,11H2,(H,22,25). The summed E-state index contributed by atoms with van der Waals surface area (Å²) in [4.78, 5) is 37.1. The second-order valence-electron chi connectivity index (χ2n) is 6.34. The van der Waals surface area contributed by atoms with Crippen LogP contribution < -0.4 is 10.2 Å². The van der Waals surface area contributed by atoms with Crippen LogP contribution in [0.25, 0.3) is 0 Å². The van der Waals surface area contributed by atoms with E-state index in [1.807, 2.05) is 4.90 Å². The largest absolute Gasteiger partial charge is 0.452 e. The van der Waals surface area contributed by atoms with E-state index < -0.39 is 23.4 Å². The molecule has 1 heterocycles. The normalized spacial score (nSPS) is 13.6. The van der Waals surface area contributed by atoms with Gasteiger partial charge in [0.15, 0.2) is 6.61 Å². The molecule has 2 aromatic rings. The van der Waals surface area contributed by atoms with Crippen LogP contribution in [-0.2, 0) is 14.3 Å². The number of morpholine rings is 1. The van der Waals surface area contributed by atoms with E-state index in [2.05, 4.69) is 5.32 Å². The van der Waals surface area contributed by atoms with E-state index in [4.69, 9.17) is 32.7 Å². The highest BCUT2D eigenvalue weighted by atomic mass is 35.5. The molecule has 1 amide bonds. The van der Waals surface area contributed by atoms with Crippen LogP contribution in [0.4, 0.5) is 17.1 Å². The summed E-state index contributed by atoms with van der Waals surface area (Å²) in [5.74, 6) is -1.46. The molecule has 1 N–H and O–H groups in total. The number of hydrogen-bond donors (Lipinski definition) is 1. The maximum absolute atomic E-state index is 12.6. The Morgan fingerprint density at radius 3 is 2.43 bits per heavy atom. The van der Waals surface area contributed by atoms with Crippen molar-refractivity contribution in [3.05, 3.63) is 62.1 Å². The lowest BCUT2D eigenvalue weighted by molar-refractivity contribution is -0.384. The summed E-state index contributed by atoms with van der Waals surface area (Å²) in [5, 5.41) is 14.3. The molecule has 0 saturated carbocycles. The zero-order chi connectivity index (χ0) is 21.7. The number of non-ortho nitro benzene ring substituents is 1. The molecule has 0 aliphatic carbocycles. The molecule has 11 heteroatoms. The summed E-state index contributed by atoms with van der Waals surface area (Å²) in [7, 11) is 0. The van der Waals surface area contributed by atoms with Crippen molar-refractivity contribution in [2.24, 2.45) is 0 Å². The van der Waals surface area contributed by atoms with Gasteiger partial charge < -0.3 is 19.7 Å². The van der Waals surface area contributed by atoms with Crippen LogP contribution in [0, 0.1) is 10.1 Å². The molecular weight excluding hydrogens is 437 g/mol. The molecule has 30 heavy (non-hydrogen) atoms. The molecule has 9 nitrogen and oxygen atoms in total. The first kappa shape index (κ1) is 21.8. The second-order valence-corrected chi connectivity index (χ2v) is 7.21. The van der Waals surface area contributed by atoms with Crippen molar-refractivity contribution < 1.29 is 24.0 Å². The minimum atomic E-state index is -0.848. The van der Waals surface area contributed by atoms with Gasteiger partial charge in [0.05, 0.1) is 29.4 Å². The van der Waals surface area contributed by atoms with Gasteiger partial charge in [-0.2, -0.15) is 0 Å². The third kappa shape index (κ3) is 5.59. The number of carbonyl (C=O) groups excluding carboxylic acids is 2. The average Bonchev–Trinajstić information content (AvgIpc) is 2.71. The molecule has 2 aromatic carbocycles. The minimum absolute atomic E-state index is 0.00435. The SMILES string of the molecule is O=C(COC(=O)c1cc([N+](=O)[O-])ccc1N1CCOCC1)Nc1cc(Cl)cc(Cl)c1. The zero-order valence-corrected chi connectivity index (χ0v) is 17.1. The lowest BCUT2D eigenvalue weighted by Gasteiger charge is -2.30. The van der Waals surface area contributed by atoms with Gasteiger partial charge in [-0.3, -0.25) is 14.9 Å². The van der Waals surface area contributed by atoms with Crippen LogP contribution in [0.15, 0.2) is 36.4 Å². The number of anilines is 2. The van der Waals surface area contributed by atoms with Crippen molar-refractivity contribution in [1.82, 2.24) is 0 Å². The first-order chi connectivity index (χ1) is 14.3. The Morgan fingerprint density at radius 2 is 1.80 bits per heavy atom. The second kappa shape index (κ2) is 9.75. The van der Waals surface area contributed by atoms with Crippen LogP contribution in [0.3, 0.4) is 0 Å². The number of nitrogens with zero attached hydrogens (tertiary/aromatic N) is 2. The summed E-state index contributed by atoms with van der Waals surface area (Å²) >= 11 is 11.8. The van der Waals surface area contributed by atoms with E-state index in [0.29, 0.717) is 47.7 Å². The zero-order valence-electron chi connectivity index (χ0n) is 15.6. The summed E-state index contributed by atoms with van der Waals surface area (Å²) in [6, 6.07) is 8.44. The summed E-state index contributed by atoms with van der Waals surface area (Å²) in [6.45, 7) is 1.39. The third-order valence-electron chi connectivity index (χ3n) is 4.24. The lowest BCUT2D eigenvalue weighted by atomic mass is 10.1. The molecule has 0 spiro atoms. The highest BCUT2D eigenvalue weighted by Gasteiger charge is 2.23. The van der Waals surface area contributed by atoms with E-state index in [9.17, 15) is 19.7 Å². The van der Waals surface area contributed by atoms with Gasteiger partial charge in [0.2, 0.25) is 0 Å². The summed E-state index contributed by atoms with van der Waals surface area (Å²) in [6.07, 6.45) is 0. The predicted octanol–water partition coefficient (Wildman–Crippen LogP) is 3.53. The Labute approximate surface area is 181 Å². The number of hydrogen-bond acceptors (Lipinski definition) is 7. The Bertz CT molecular complexity index is 958. The number of nitrogens with one attached hydrogen (secondary N) is 1. The third-order valence-corrected chi connectivity index (χ3v) is 4.68. The molecule has 1 aliphatic heterocycles. The molecule has 1 saturated heterocycles. The highest BCUT2D eigenvalue weighted by Crippen LogP contribution is 2.27. The van der Waals surface area contributed by atoms with Crippen molar-refractivity contribution in [2.45, 2.75) is 0 Å². The molecule has 1 aliphatic rings. The molecule has 158 valence electrons. The number of amides is 1. The van der Waals surface area contributed by atoms with Gasteiger partial charge in [0.1, 0.15) is 0 Å². The number of carbonyl (C=O) groups is 2. The van der Waals surface area contributed by atoms with E-state index in [0.717, 1.165) is 6.07 Å². The number of rotatable bonds is 6. The fraction of sp³-hybridized carbons (Fsp3) is 0.263. The maximum Gasteiger partial charge on any atom is 0.341 e. The van der Waals surface area contributed by atoms with Gasteiger partial charge >= 0.3 is 5.97 Å². The van der Waals surface area contributed by atoms with Crippen molar-refractivity contribution >= 4 is 52.1 Å². The van der Waals surface area contributed by atoms with E-state index in [1.165, 1.54) is 30.3 Å². The number of ether oxygens (including phenoxy) is 2. The van der Waals surface area contributed by atoms with Gasteiger partial charge in [-0.25, -0.2) is 4.79 Å². The molecule has 0 aromatic heterocycles. The van der Waals surface area contributed by atoms with Crippen molar-refractivity contribution in [3.8, 4) is 0 Å². The first-order valence-electron chi connectivity index (χ1n) is 8.87. The predicted molar refractivity (Wildman–Crippen MR) is 112 cm³/mol. The Hall–Kier alpha value is -2.88. The Kier molecular flexibility index (Phi) is 7.09. The minimum Gasteiger partial charge on any atom is -0.452 e. The van der Waals surface area contributed by atoms with Crippen molar-refractivity contribution in [2.75, 3.05) is 43.1 Å². The number of nitro groups is 1. The molecule has 0 radical (unpaired) electrons. The number of benzene rings is 2. The molecule has 1 fully saturated rings. The van der Waals surface area contributed by atoms with Crippen LogP contribution in [0.2, 0.25) is 10.0 Å².